The predicted molar refractivity (Wildman–Crippen MR) is 82.6 cm³/mol. The Labute approximate surface area is 134 Å². The number of halogens is 1. The van der Waals surface area contributed by atoms with Crippen LogP contribution < -0.4 is 14.2 Å². The second-order valence-corrected chi connectivity index (χ2v) is 6.91. The Bertz CT molecular complexity index is 805. The van der Waals surface area contributed by atoms with E-state index in [-0.39, 0.29) is 10.7 Å². The largest absolute Gasteiger partial charge is 0.486 e. The highest BCUT2D eigenvalue weighted by Crippen LogP contribution is 2.32. The number of ether oxygens (including phenoxy) is 2. The van der Waals surface area contributed by atoms with E-state index in [1.54, 1.807) is 25.1 Å². The van der Waals surface area contributed by atoms with Crippen molar-refractivity contribution in [2.24, 2.45) is 0 Å². The van der Waals surface area contributed by atoms with E-state index < -0.39 is 16.1 Å². The van der Waals surface area contributed by atoms with Crippen LogP contribution in [-0.4, -0.2) is 21.6 Å². The van der Waals surface area contributed by atoms with Crippen LogP contribution in [0.4, 0.5) is 4.39 Å². The Balaban J connectivity index is 1.82. The number of hydrogen-bond donors (Lipinski definition) is 1. The summed E-state index contributed by atoms with van der Waals surface area (Å²) in [5.74, 6) is 0.575. The normalized spacial score (nSPS) is 15.2. The van der Waals surface area contributed by atoms with Crippen molar-refractivity contribution < 1.29 is 22.3 Å². The predicted octanol–water partition coefficient (Wildman–Crippen LogP) is 2.64. The highest BCUT2D eigenvalue weighted by atomic mass is 32.2. The van der Waals surface area contributed by atoms with Crippen LogP contribution in [0, 0.1) is 5.82 Å². The third kappa shape index (κ3) is 3.46. The maximum absolute atomic E-state index is 12.9. The van der Waals surface area contributed by atoms with Crippen LogP contribution >= 0.6 is 0 Å². The molecule has 3 rings (SSSR count). The van der Waals surface area contributed by atoms with Gasteiger partial charge in [-0.2, -0.15) is 0 Å². The maximum Gasteiger partial charge on any atom is 0.241 e. The van der Waals surface area contributed by atoms with Gasteiger partial charge in [0.05, 0.1) is 4.90 Å². The van der Waals surface area contributed by atoms with Gasteiger partial charge in [-0.25, -0.2) is 17.5 Å². The van der Waals surface area contributed by atoms with Gasteiger partial charge >= 0.3 is 0 Å². The third-order valence-electron chi connectivity index (χ3n) is 3.53. The number of sulfonamides is 1. The Morgan fingerprint density at radius 2 is 1.70 bits per heavy atom. The zero-order chi connectivity index (χ0) is 16.4. The van der Waals surface area contributed by atoms with Crippen molar-refractivity contribution in [1.29, 1.82) is 0 Å². The van der Waals surface area contributed by atoms with E-state index in [0.717, 1.165) is 0 Å². The van der Waals surface area contributed by atoms with E-state index >= 15 is 0 Å². The molecule has 1 aliphatic heterocycles. The minimum atomic E-state index is -3.73. The van der Waals surface area contributed by atoms with E-state index in [2.05, 4.69) is 4.72 Å². The SMILES string of the molecule is C[C@@H](NS(=O)(=O)c1ccc2c(c1)OCCO2)c1ccc(F)cc1. The molecular weight excluding hydrogens is 321 g/mol. The summed E-state index contributed by atoms with van der Waals surface area (Å²) in [5, 5.41) is 0. The summed E-state index contributed by atoms with van der Waals surface area (Å²) in [5.41, 5.74) is 0.674. The Morgan fingerprint density at radius 1 is 1.04 bits per heavy atom. The molecule has 1 atom stereocenters. The van der Waals surface area contributed by atoms with Gasteiger partial charge in [-0.05, 0) is 36.8 Å². The fourth-order valence-electron chi connectivity index (χ4n) is 2.31. The first-order chi connectivity index (χ1) is 11.0. The van der Waals surface area contributed by atoms with Crippen molar-refractivity contribution in [1.82, 2.24) is 4.72 Å². The highest BCUT2D eigenvalue weighted by Gasteiger charge is 2.21. The second-order valence-electron chi connectivity index (χ2n) is 5.20. The molecule has 0 radical (unpaired) electrons. The smallest absolute Gasteiger partial charge is 0.241 e. The van der Waals surface area contributed by atoms with Crippen LogP contribution in [0.15, 0.2) is 47.4 Å². The average molecular weight is 337 g/mol. The van der Waals surface area contributed by atoms with E-state index in [1.807, 2.05) is 0 Å². The monoisotopic (exact) mass is 337 g/mol. The fourth-order valence-corrected chi connectivity index (χ4v) is 3.56. The lowest BCUT2D eigenvalue weighted by molar-refractivity contribution is 0.171. The van der Waals surface area contributed by atoms with Crippen molar-refractivity contribution >= 4 is 10.0 Å². The van der Waals surface area contributed by atoms with Gasteiger partial charge in [0.25, 0.3) is 0 Å². The van der Waals surface area contributed by atoms with Crippen LogP contribution in [0.25, 0.3) is 0 Å². The number of fused-ring (bicyclic) bond motifs is 1. The molecule has 0 aromatic heterocycles. The van der Waals surface area contributed by atoms with Gasteiger partial charge in [-0.15, -0.1) is 0 Å². The zero-order valence-electron chi connectivity index (χ0n) is 12.5. The van der Waals surface area contributed by atoms with Gasteiger partial charge in [0.2, 0.25) is 10.0 Å². The van der Waals surface area contributed by atoms with Crippen LogP contribution in [-0.2, 0) is 10.0 Å². The molecule has 0 fully saturated rings. The molecule has 1 N–H and O–H groups in total. The minimum Gasteiger partial charge on any atom is -0.486 e. The molecule has 0 spiro atoms. The first-order valence-electron chi connectivity index (χ1n) is 7.13. The lowest BCUT2D eigenvalue weighted by atomic mass is 10.1. The Hall–Kier alpha value is -2.12. The van der Waals surface area contributed by atoms with Gasteiger partial charge < -0.3 is 9.47 Å². The molecule has 122 valence electrons. The van der Waals surface area contributed by atoms with Crippen molar-refractivity contribution in [3.63, 3.8) is 0 Å². The fraction of sp³-hybridized carbons (Fsp3) is 0.250. The van der Waals surface area contributed by atoms with Crippen molar-refractivity contribution in [3.05, 3.63) is 53.8 Å². The number of benzene rings is 2. The van der Waals surface area contributed by atoms with Crippen molar-refractivity contribution in [2.75, 3.05) is 13.2 Å². The van der Waals surface area contributed by atoms with Crippen molar-refractivity contribution in [2.45, 2.75) is 17.9 Å². The lowest BCUT2D eigenvalue weighted by Gasteiger charge is -2.20. The van der Waals surface area contributed by atoms with E-state index in [0.29, 0.717) is 30.3 Å². The van der Waals surface area contributed by atoms with Crippen LogP contribution in [0.2, 0.25) is 0 Å². The first kappa shape index (κ1) is 15.8. The van der Waals surface area contributed by atoms with Gasteiger partial charge in [0.1, 0.15) is 19.0 Å². The summed E-state index contributed by atoms with van der Waals surface area (Å²) in [7, 11) is -3.73. The molecule has 5 nitrogen and oxygen atoms in total. The summed E-state index contributed by atoms with van der Waals surface area (Å²) >= 11 is 0. The molecule has 23 heavy (non-hydrogen) atoms. The minimum absolute atomic E-state index is 0.0933. The molecule has 0 unspecified atom stereocenters. The topological polar surface area (TPSA) is 64.6 Å². The number of rotatable bonds is 4. The summed E-state index contributed by atoms with van der Waals surface area (Å²) in [6, 6.07) is 9.67. The summed E-state index contributed by atoms with van der Waals surface area (Å²) in [4.78, 5) is 0.0933. The average Bonchev–Trinajstić information content (AvgIpc) is 2.54. The van der Waals surface area contributed by atoms with Crippen LogP contribution in [0.1, 0.15) is 18.5 Å². The molecule has 7 heteroatoms. The quantitative estimate of drug-likeness (QED) is 0.931. The second kappa shape index (κ2) is 6.17. The third-order valence-corrected chi connectivity index (χ3v) is 5.06. The van der Waals surface area contributed by atoms with Crippen LogP contribution in [0.5, 0.6) is 11.5 Å². The maximum atomic E-state index is 12.9. The molecule has 0 saturated heterocycles. The first-order valence-corrected chi connectivity index (χ1v) is 8.61. The van der Waals surface area contributed by atoms with Gasteiger partial charge in [-0.3, -0.25) is 0 Å². The molecule has 2 aromatic rings. The molecular formula is C16H16FNO4S. The highest BCUT2D eigenvalue weighted by molar-refractivity contribution is 7.89. The summed E-state index contributed by atoms with van der Waals surface area (Å²) < 4.78 is 51.3. The Kier molecular flexibility index (Phi) is 4.23. The van der Waals surface area contributed by atoms with Crippen molar-refractivity contribution in [3.8, 4) is 11.5 Å². The molecule has 0 bridgehead atoms. The molecule has 1 heterocycles. The van der Waals surface area contributed by atoms with E-state index in [9.17, 15) is 12.8 Å². The Morgan fingerprint density at radius 3 is 2.39 bits per heavy atom. The van der Waals surface area contributed by atoms with E-state index in [4.69, 9.17) is 9.47 Å². The summed E-state index contributed by atoms with van der Waals surface area (Å²) in [6.07, 6.45) is 0. The molecule has 1 aliphatic rings. The van der Waals surface area contributed by atoms with Gasteiger partial charge in [0, 0.05) is 12.1 Å². The van der Waals surface area contributed by atoms with E-state index in [1.165, 1.54) is 24.3 Å². The molecule has 0 amide bonds. The number of hydrogen-bond acceptors (Lipinski definition) is 4. The summed E-state index contributed by atoms with van der Waals surface area (Å²) in [6.45, 7) is 2.53. The molecule has 0 aliphatic carbocycles. The standard InChI is InChI=1S/C16H16FNO4S/c1-11(12-2-4-13(17)5-3-12)18-23(19,20)14-6-7-15-16(10-14)22-9-8-21-15/h2-7,10-11,18H,8-9H2,1H3/t11-/m1/s1. The molecule has 0 saturated carbocycles. The zero-order valence-corrected chi connectivity index (χ0v) is 13.3. The van der Waals surface area contributed by atoms with Gasteiger partial charge in [-0.1, -0.05) is 12.1 Å². The number of nitrogens with one attached hydrogen (secondary N) is 1. The molecule has 2 aromatic carbocycles. The van der Waals surface area contributed by atoms with Crippen LogP contribution in [0.3, 0.4) is 0 Å². The lowest BCUT2D eigenvalue weighted by Crippen LogP contribution is -2.27. The van der Waals surface area contributed by atoms with Gasteiger partial charge in [0.15, 0.2) is 11.5 Å².